The molecular weight excluding hydrogens is 370 g/mol. The van der Waals surface area contributed by atoms with Crippen molar-refractivity contribution in [2.75, 3.05) is 26.2 Å². The number of nitrogens with one attached hydrogen (secondary N) is 1. The van der Waals surface area contributed by atoms with Crippen LogP contribution in [0.3, 0.4) is 0 Å². The van der Waals surface area contributed by atoms with Crippen molar-refractivity contribution in [3.8, 4) is 0 Å². The lowest BCUT2D eigenvalue weighted by Crippen LogP contribution is -2.39. The highest BCUT2D eigenvalue weighted by Crippen LogP contribution is 2.19. The molecule has 1 heterocycles. The lowest BCUT2D eigenvalue weighted by atomic mass is 9.97. The van der Waals surface area contributed by atoms with Gasteiger partial charge in [-0.05, 0) is 56.0 Å². The van der Waals surface area contributed by atoms with Crippen LogP contribution < -0.4 is 4.72 Å². The smallest absolute Gasteiger partial charge is 0.243 e. The summed E-state index contributed by atoms with van der Waals surface area (Å²) in [5, 5.41) is 0. The number of halogens is 2. The molecule has 1 aliphatic rings. The van der Waals surface area contributed by atoms with Crippen molar-refractivity contribution in [1.29, 1.82) is 0 Å². The lowest BCUT2D eigenvalue weighted by Gasteiger charge is -2.32. The number of nitrogens with zero attached hydrogens (tertiary/aromatic N) is 1. The average molecular weight is 394 g/mol. The van der Waals surface area contributed by atoms with E-state index in [0.717, 1.165) is 51.0 Å². The molecular formula is C20H24F2N2O2S. The third kappa shape index (κ3) is 5.57. The maximum absolute atomic E-state index is 13.7. The number of hydrogen-bond acceptors (Lipinski definition) is 3. The number of hydrogen-bond donors (Lipinski definition) is 1. The highest BCUT2D eigenvalue weighted by molar-refractivity contribution is 7.89. The highest BCUT2D eigenvalue weighted by Gasteiger charge is 2.23. The van der Waals surface area contributed by atoms with Crippen LogP contribution in [0.15, 0.2) is 53.4 Å². The summed E-state index contributed by atoms with van der Waals surface area (Å²) in [5.41, 5.74) is 1.31. The fourth-order valence-electron chi connectivity index (χ4n) is 3.34. The standard InChI is InChI=1S/C20H24F2N2O2S/c21-18-6-7-20(19(22)14-18)27(25,26)23-15-17-9-12-24(13-10-17)11-8-16-4-2-1-3-5-16/h1-7,14,17,23H,8-13,15H2. The van der Waals surface area contributed by atoms with Gasteiger partial charge in [-0.1, -0.05) is 30.3 Å². The van der Waals surface area contributed by atoms with Crippen LogP contribution in [-0.4, -0.2) is 39.5 Å². The van der Waals surface area contributed by atoms with E-state index in [-0.39, 0.29) is 12.5 Å². The van der Waals surface area contributed by atoms with Gasteiger partial charge in [-0.25, -0.2) is 21.9 Å². The fourth-order valence-corrected chi connectivity index (χ4v) is 4.52. The minimum absolute atomic E-state index is 0.219. The van der Waals surface area contributed by atoms with Crippen molar-refractivity contribution in [1.82, 2.24) is 9.62 Å². The summed E-state index contributed by atoms with van der Waals surface area (Å²) in [6, 6.07) is 12.8. The molecule has 1 aliphatic heterocycles. The van der Waals surface area contributed by atoms with Crippen molar-refractivity contribution in [3.63, 3.8) is 0 Å². The SMILES string of the molecule is O=S(=O)(NCC1CCN(CCc2ccccc2)CC1)c1ccc(F)cc1F. The van der Waals surface area contributed by atoms with Crippen molar-refractivity contribution in [2.24, 2.45) is 5.92 Å². The Balaban J connectivity index is 1.45. The summed E-state index contributed by atoms with van der Waals surface area (Å²) in [7, 11) is -3.97. The molecule has 4 nitrogen and oxygen atoms in total. The van der Waals surface area contributed by atoms with E-state index in [2.05, 4.69) is 21.8 Å². The first-order valence-corrected chi connectivity index (χ1v) is 10.6. The number of piperidine rings is 1. The van der Waals surface area contributed by atoms with E-state index in [1.54, 1.807) is 0 Å². The van der Waals surface area contributed by atoms with Crippen LogP contribution in [0.1, 0.15) is 18.4 Å². The Hall–Kier alpha value is -1.83. The van der Waals surface area contributed by atoms with Crippen molar-refractivity contribution in [2.45, 2.75) is 24.2 Å². The molecule has 3 rings (SSSR count). The Morgan fingerprint density at radius 2 is 1.74 bits per heavy atom. The Morgan fingerprint density at radius 3 is 2.41 bits per heavy atom. The van der Waals surface area contributed by atoms with Crippen LogP contribution >= 0.6 is 0 Å². The summed E-state index contributed by atoms with van der Waals surface area (Å²) in [6.45, 7) is 3.10. The van der Waals surface area contributed by atoms with Crippen LogP contribution in [0.2, 0.25) is 0 Å². The third-order valence-electron chi connectivity index (χ3n) is 5.01. The Bertz CT molecular complexity index is 852. The predicted octanol–water partition coefficient (Wildman–Crippen LogP) is 3.20. The predicted molar refractivity (Wildman–Crippen MR) is 101 cm³/mol. The Kier molecular flexibility index (Phi) is 6.57. The summed E-state index contributed by atoms with van der Waals surface area (Å²) in [6.07, 6.45) is 2.79. The lowest BCUT2D eigenvalue weighted by molar-refractivity contribution is 0.187. The van der Waals surface area contributed by atoms with Crippen LogP contribution in [0.4, 0.5) is 8.78 Å². The van der Waals surface area contributed by atoms with E-state index in [4.69, 9.17) is 0 Å². The van der Waals surface area contributed by atoms with Gasteiger partial charge in [0.05, 0.1) is 0 Å². The third-order valence-corrected chi connectivity index (χ3v) is 6.47. The van der Waals surface area contributed by atoms with Gasteiger partial charge in [-0.3, -0.25) is 0 Å². The van der Waals surface area contributed by atoms with Crippen molar-refractivity contribution < 1.29 is 17.2 Å². The number of benzene rings is 2. The first-order valence-electron chi connectivity index (χ1n) is 9.15. The van der Waals surface area contributed by atoms with E-state index in [9.17, 15) is 17.2 Å². The maximum atomic E-state index is 13.7. The molecule has 2 aromatic carbocycles. The molecule has 1 fully saturated rings. The molecule has 0 bridgehead atoms. The van der Waals surface area contributed by atoms with Gasteiger partial charge in [-0.15, -0.1) is 0 Å². The van der Waals surface area contributed by atoms with Crippen LogP contribution in [0.5, 0.6) is 0 Å². The first kappa shape index (κ1) is 19.9. The minimum Gasteiger partial charge on any atom is -0.303 e. The summed E-state index contributed by atoms with van der Waals surface area (Å²) in [4.78, 5) is 1.88. The molecule has 0 aliphatic carbocycles. The quantitative estimate of drug-likeness (QED) is 0.785. The molecule has 0 spiro atoms. The molecule has 0 saturated carbocycles. The van der Waals surface area contributed by atoms with Gasteiger partial charge in [0.15, 0.2) is 0 Å². The molecule has 7 heteroatoms. The minimum atomic E-state index is -3.97. The van der Waals surface area contributed by atoms with Gasteiger partial charge in [0.25, 0.3) is 0 Å². The number of likely N-dealkylation sites (tertiary alicyclic amines) is 1. The molecule has 1 saturated heterocycles. The zero-order valence-corrected chi connectivity index (χ0v) is 15.9. The van der Waals surface area contributed by atoms with Crippen molar-refractivity contribution >= 4 is 10.0 Å². The van der Waals surface area contributed by atoms with Gasteiger partial charge in [-0.2, -0.15) is 0 Å². The van der Waals surface area contributed by atoms with Gasteiger partial charge in [0.2, 0.25) is 10.0 Å². The van der Waals surface area contributed by atoms with E-state index < -0.39 is 26.6 Å². The van der Waals surface area contributed by atoms with E-state index in [1.807, 2.05) is 18.2 Å². The topological polar surface area (TPSA) is 49.4 Å². The molecule has 146 valence electrons. The van der Waals surface area contributed by atoms with Crippen LogP contribution in [-0.2, 0) is 16.4 Å². The monoisotopic (exact) mass is 394 g/mol. The molecule has 2 aromatic rings. The molecule has 27 heavy (non-hydrogen) atoms. The zero-order chi connectivity index (χ0) is 19.3. The van der Waals surface area contributed by atoms with Crippen molar-refractivity contribution in [3.05, 3.63) is 65.7 Å². The molecule has 0 amide bonds. The fraction of sp³-hybridized carbons (Fsp3) is 0.400. The first-order chi connectivity index (χ1) is 12.9. The zero-order valence-electron chi connectivity index (χ0n) is 15.1. The number of sulfonamides is 1. The second-order valence-electron chi connectivity index (χ2n) is 6.95. The Labute approximate surface area is 159 Å². The normalized spacial score (nSPS) is 16.5. The average Bonchev–Trinajstić information content (AvgIpc) is 2.66. The summed E-state index contributed by atoms with van der Waals surface area (Å²) in [5.74, 6) is -1.65. The van der Waals surface area contributed by atoms with Gasteiger partial charge in [0.1, 0.15) is 16.5 Å². The summed E-state index contributed by atoms with van der Waals surface area (Å²) >= 11 is 0. The largest absolute Gasteiger partial charge is 0.303 e. The van der Waals surface area contributed by atoms with Gasteiger partial charge < -0.3 is 4.90 Å². The van der Waals surface area contributed by atoms with E-state index in [0.29, 0.717) is 6.07 Å². The van der Waals surface area contributed by atoms with Crippen LogP contribution in [0.25, 0.3) is 0 Å². The van der Waals surface area contributed by atoms with E-state index in [1.165, 1.54) is 5.56 Å². The molecule has 0 atom stereocenters. The second kappa shape index (κ2) is 8.91. The van der Waals surface area contributed by atoms with E-state index >= 15 is 0 Å². The highest BCUT2D eigenvalue weighted by atomic mass is 32.2. The Morgan fingerprint density at radius 1 is 1.04 bits per heavy atom. The molecule has 1 N–H and O–H groups in total. The van der Waals surface area contributed by atoms with Gasteiger partial charge in [0, 0.05) is 19.2 Å². The van der Waals surface area contributed by atoms with Gasteiger partial charge >= 0.3 is 0 Å². The number of rotatable bonds is 7. The second-order valence-corrected chi connectivity index (χ2v) is 8.68. The molecule has 0 unspecified atom stereocenters. The molecule has 0 aromatic heterocycles. The maximum Gasteiger partial charge on any atom is 0.243 e. The van der Waals surface area contributed by atoms with Crippen LogP contribution in [0, 0.1) is 17.6 Å². The molecule has 0 radical (unpaired) electrons. The summed E-state index contributed by atoms with van der Waals surface area (Å²) < 4.78 is 53.6.